The molecule has 8 heteroatoms. The molecule has 0 aliphatic heterocycles. The molecule has 0 radical (unpaired) electrons. The van der Waals surface area contributed by atoms with Crippen molar-refractivity contribution in [3.8, 4) is 17.3 Å². The van der Waals surface area contributed by atoms with Gasteiger partial charge in [0.25, 0.3) is 0 Å². The van der Waals surface area contributed by atoms with Gasteiger partial charge in [-0.15, -0.1) is 0 Å². The predicted octanol–water partition coefficient (Wildman–Crippen LogP) is 4.02. The van der Waals surface area contributed by atoms with Gasteiger partial charge in [0, 0.05) is 24.0 Å². The van der Waals surface area contributed by atoms with Crippen molar-refractivity contribution in [1.29, 1.82) is 5.26 Å². The summed E-state index contributed by atoms with van der Waals surface area (Å²) in [5, 5.41) is 12.0. The monoisotopic (exact) mass is 382 g/mol. The molecule has 134 valence electrons. The van der Waals surface area contributed by atoms with Gasteiger partial charge in [0.2, 0.25) is 5.91 Å². The van der Waals surface area contributed by atoms with Crippen LogP contribution in [0.15, 0.2) is 59.9 Å². The maximum Gasteiger partial charge on any atom is 0.234 e. The van der Waals surface area contributed by atoms with E-state index in [1.54, 1.807) is 36.7 Å². The van der Waals surface area contributed by atoms with Crippen LogP contribution in [-0.4, -0.2) is 21.6 Å². The van der Waals surface area contributed by atoms with Crippen LogP contribution in [0.5, 0.6) is 0 Å². The van der Waals surface area contributed by atoms with Crippen LogP contribution >= 0.6 is 11.8 Å². The van der Waals surface area contributed by atoms with Gasteiger partial charge in [-0.1, -0.05) is 11.8 Å². The lowest BCUT2D eigenvalue weighted by Crippen LogP contribution is -2.15. The molecule has 5 nitrogen and oxygen atoms in total. The number of pyridine rings is 2. The lowest BCUT2D eigenvalue weighted by molar-refractivity contribution is -0.113. The number of carbonyl (C=O) groups is 1. The number of halogens is 2. The van der Waals surface area contributed by atoms with E-state index < -0.39 is 17.5 Å². The molecular formula is C19H12F2N4OS. The van der Waals surface area contributed by atoms with E-state index in [0.717, 1.165) is 29.5 Å². The van der Waals surface area contributed by atoms with Crippen molar-refractivity contribution >= 4 is 23.4 Å². The standard InChI is InChI=1S/C19H12F2N4OS/c20-14-2-4-17(15(21)9-14)24-18(26)11-27-19-13(10-22)1-3-16(25-19)12-5-7-23-8-6-12/h1-9H,11H2,(H,24,26). The van der Waals surface area contributed by atoms with Crippen LogP contribution in [0.25, 0.3) is 11.3 Å². The minimum absolute atomic E-state index is 0.0850. The van der Waals surface area contributed by atoms with Crippen molar-refractivity contribution in [3.63, 3.8) is 0 Å². The lowest BCUT2D eigenvalue weighted by atomic mass is 10.1. The van der Waals surface area contributed by atoms with Gasteiger partial charge in [-0.05, 0) is 36.4 Å². The highest BCUT2D eigenvalue weighted by atomic mass is 32.2. The number of aromatic nitrogens is 2. The molecule has 3 aromatic rings. The number of amides is 1. The first-order chi connectivity index (χ1) is 13.1. The van der Waals surface area contributed by atoms with Crippen LogP contribution in [0.3, 0.4) is 0 Å². The fourth-order valence-corrected chi connectivity index (χ4v) is 3.00. The van der Waals surface area contributed by atoms with Crippen molar-refractivity contribution in [1.82, 2.24) is 9.97 Å². The lowest BCUT2D eigenvalue weighted by Gasteiger charge is -2.08. The second-order valence-corrected chi connectivity index (χ2v) is 6.32. The van der Waals surface area contributed by atoms with Gasteiger partial charge >= 0.3 is 0 Å². The number of hydrogen-bond donors (Lipinski definition) is 1. The molecule has 0 aliphatic carbocycles. The second kappa shape index (κ2) is 8.38. The van der Waals surface area contributed by atoms with Crippen LogP contribution in [0.1, 0.15) is 5.56 Å². The Morgan fingerprint density at radius 3 is 2.63 bits per heavy atom. The van der Waals surface area contributed by atoms with Crippen molar-refractivity contribution in [2.45, 2.75) is 5.03 Å². The molecule has 0 aliphatic rings. The molecule has 0 saturated carbocycles. The van der Waals surface area contributed by atoms with Gasteiger partial charge in [0.1, 0.15) is 22.7 Å². The van der Waals surface area contributed by atoms with Crippen LogP contribution in [0, 0.1) is 23.0 Å². The van der Waals surface area contributed by atoms with E-state index in [1.165, 1.54) is 0 Å². The Balaban J connectivity index is 1.73. The average molecular weight is 382 g/mol. The van der Waals surface area contributed by atoms with Crippen LogP contribution < -0.4 is 5.32 Å². The largest absolute Gasteiger partial charge is 0.323 e. The smallest absolute Gasteiger partial charge is 0.234 e. The Hall–Kier alpha value is -3.31. The van der Waals surface area contributed by atoms with Crippen molar-refractivity contribution < 1.29 is 13.6 Å². The summed E-state index contributed by atoms with van der Waals surface area (Å²) in [6, 6.07) is 11.8. The van der Waals surface area contributed by atoms with Gasteiger partial charge in [-0.25, -0.2) is 13.8 Å². The number of thioether (sulfide) groups is 1. The summed E-state index contributed by atoms with van der Waals surface area (Å²) < 4.78 is 26.5. The highest BCUT2D eigenvalue weighted by Gasteiger charge is 2.12. The van der Waals surface area contributed by atoms with Gasteiger partial charge in [0.15, 0.2) is 0 Å². The number of nitriles is 1. The topological polar surface area (TPSA) is 78.7 Å². The summed E-state index contributed by atoms with van der Waals surface area (Å²) in [5.74, 6) is -2.16. The third-order valence-corrected chi connectivity index (χ3v) is 4.49. The maximum atomic E-state index is 13.6. The zero-order valence-electron chi connectivity index (χ0n) is 13.8. The van der Waals surface area contributed by atoms with Crippen LogP contribution in [-0.2, 0) is 4.79 Å². The number of nitrogens with zero attached hydrogens (tertiary/aromatic N) is 3. The first-order valence-electron chi connectivity index (χ1n) is 7.76. The predicted molar refractivity (Wildman–Crippen MR) is 97.9 cm³/mol. The van der Waals surface area contributed by atoms with E-state index in [1.807, 2.05) is 6.07 Å². The molecule has 0 fully saturated rings. The molecule has 27 heavy (non-hydrogen) atoms. The van der Waals surface area contributed by atoms with Crippen molar-refractivity contribution in [2.24, 2.45) is 0 Å². The molecule has 0 atom stereocenters. The van der Waals surface area contributed by atoms with E-state index in [9.17, 15) is 18.8 Å². The molecule has 0 spiro atoms. The highest BCUT2D eigenvalue weighted by molar-refractivity contribution is 8.00. The second-order valence-electron chi connectivity index (χ2n) is 5.36. The fraction of sp³-hybridized carbons (Fsp3) is 0.0526. The Morgan fingerprint density at radius 2 is 1.93 bits per heavy atom. The molecular weight excluding hydrogens is 370 g/mol. The summed E-state index contributed by atoms with van der Waals surface area (Å²) in [5.41, 5.74) is 1.69. The Kier molecular flexibility index (Phi) is 5.74. The van der Waals surface area contributed by atoms with Crippen molar-refractivity contribution in [2.75, 3.05) is 11.1 Å². The average Bonchev–Trinajstić information content (AvgIpc) is 2.69. The Bertz CT molecular complexity index is 1020. The van der Waals surface area contributed by atoms with E-state index in [0.29, 0.717) is 22.3 Å². The Labute approximate surface area is 158 Å². The zero-order chi connectivity index (χ0) is 19.2. The molecule has 1 N–H and O–H groups in total. The number of anilines is 1. The van der Waals surface area contributed by atoms with E-state index in [4.69, 9.17) is 0 Å². The fourth-order valence-electron chi connectivity index (χ4n) is 2.23. The first kappa shape index (κ1) is 18.5. The molecule has 1 aromatic carbocycles. The zero-order valence-corrected chi connectivity index (χ0v) is 14.6. The number of hydrogen-bond acceptors (Lipinski definition) is 5. The molecule has 0 bridgehead atoms. The Morgan fingerprint density at radius 1 is 1.15 bits per heavy atom. The minimum atomic E-state index is -0.858. The highest BCUT2D eigenvalue weighted by Crippen LogP contribution is 2.25. The van der Waals surface area contributed by atoms with Crippen molar-refractivity contribution in [3.05, 3.63) is 72.1 Å². The first-order valence-corrected chi connectivity index (χ1v) is 8.74. The van der Waals surface area contributed by atoms with Gasteiger partial charge in [-0.2, -0.15) is 5.26 Å². The van der Waals surface area contributed by atoms with E-state index in [2.05, 4.69) is 15.3 Å². The SMILES string of the molecule is N#Cc1ccc(-c2ccncc2)nc1SCC(=O)Nc1ccc(F)cc1F. The molecule has 1 amide bonds. The molecule has 0 unspecified atom stereocenters. The number of nitrogens with one attached hydrogen (secondary N) is 1. The van der Waals surface area contributed by atoms with Gasteiger partial charge in [0.05, 0.1) is 22.7 Å². The van der Waals surface area contributed by atoms with E-state index >= 15 is 0 Å². The normalized spacial score (nSPS) is 10.3. The number of rotatable bonds is 5. The summed E-state index contributed by atoms with van der Waals surface area (Å²) in [6.07, 6.45) is 3.26. The molecule has 3 rings (SSSR count). The quantitative estimate of drug-likeness (QED) is 0.674. The van der Waals surface area contributed by atoms with Gasteiger partial charge < -0.3 is 5.32 Å². The molecule has 2 heterocycles. The van der Waals surface area contributed by atoms with Gasteiger partial charge in [-0.3, -0.25) is 9.78 Å². The molecule has 2 aromatic heterocycles. The summed E-state index contributed by atoms with van der Waals surface area (Å²) in [4.78, 5) is 20.4. The van der Waals surface area contributed by atoms with E-state index in [-0.39, 0.29) is 11.4 Å². The summed E-state index contributed by atoms with van der Waals surface area (Å²) >= 11 is 1.06. The summed E-state index contributed by atoms with van der Waals surface area (Å²) in [6.45, 7) is 0. The number of benzene rings is 1. The number of carbonyl (C=O) groups excluding carboxylic acids is 1. The third-order valence-electron chi connectivity index (χ3n) is 3.50. The van der Waals surface area contributed by atoms with Crippen LogP contribution in [0.2, 0.25) is 0 Å². The maximum absolute atomic E-state index is 13.6. The summed E-state index contributed by atoms with van der Waals surface area (Å²) in [7, 11) is 0. The molecule has 0 saturated heterocycles. The minimum Gasteiger partial charge on any atom is -0.323 e. The van der Waals surface area contributed by atoms with Crippen LogP contribution in [0.4, 0.5) is 14.5 Å². The third kappa shape index (κ3) is 4.65.